The highest BCUT2D eigenvalue weighted by Crippen LogP contribution is 2.39. The Morgan fingerprint density at radius 3 is 2.72 bits per heavy atom. The van der Waals surface area contributed by atoms with E-state index >= 15 is 0 Å². The van der Waals surface area contributed by atoms with Crippen LogP contribution in [0.4, 0.5) is 0 Å². The first-order valence-electron chi connectivity index (χ1n) is 8.58. The molecule has 0 radical (unpaired) electrons. The summed E-state index contributed by atoms with van der Waals surface area (Å²) in [7, 11) is 0. The van der Waals surface area contributed by atoms with Gasteiger partial charge in [0.05, 0.1) is 5.03 Å². The van der Waals surface area contributed by atoms with Crippen LogP contribution in [-0.4, -0.2) is 21.4 Å². The molecule has 1 aliphatic rings. The number of hydrogen-bond donors (Lipinski definition) is 1. The molecule has 1 aromatic heterocycles. The number of carboxylic acids is 1. The van der Waals surface area contributed by atoms with E-state index in [1.54, 1.807) is 6.07 Å². The lowest BCUT2D eigenvalue weighted by Crippen LogP contribution is -2.29. The highest BCUT2D eigenvalue weighted by Gasteiger charge is 2.33. The number of aromatic nitrogens is 1. The second-order valence-electron chi connectivity index (χ2n) is 6.91. The predicted molar refractivity (Wildman–Crippen MR) is 101 cm³/mol. The average molecular weight is 357 g/mol. The Bertz CT molecular complexity index is 870. The number of nitrogens with zero attached hydrogens (tertiary/aromatic N) is 1. The summed E-state index contributed by atoms with van der Waals surface area (Å²) in [4.78, 5) is 24.0. The Labute approximate surface area is 151 Å². The van der Waals surface area contributed by atoms with Crippen LogP contribution in [0.5, 0.6) is 0 Å². The molecular formula is C20H23NO3S. The normalized spacial score (nSPS) is 16.2. The van der Waals surface area contributed by atoms with Gasteiger partial charge < -0.3 is 5.11 Å². The highest BCUT2D eigenvalue weighted by atomic mass is 32.2. The number of carboxylic acid groups (broad SMARTS) is 1. The minimum absolute atomic E-state index is 0.198. The molecule has 0 aliphatic carbocycles. The number of thioether (sulfide) groups is 1. The highest BCUT2D eigenvalue weighted by molar-refractivity contribution is 7.99. The van der Waals surface area contributed by atoms with Crippen LogP contribution < -0.4 is 5.56 Å². The molecule has 0 saturated carbocycles. The summed E-state index contributed by atoms with van der Waals surface area (Å²) in [5.74, 6) is -0.268. The third kappa shape index (κ3) is 3.52. The first-order chi connectivity index (χ1) is 11.9. The molecule has 1 atom stereocenters. The van der Waals surface area contributed by atoms with Crippen LogP contribution in [0.1, 0.15) is 48.1 Å². The molecule has 2 heterocycles. The maximum absolute atomic E-state index is 12.6. The van der Waals surface area contributed by atoms with Gasteiger partial charge in [-0.1, -0.05) is 43.7 Å². The summed E-state index contributed by atoms with van der Waals surface area (Å²) in [6.07, 6.45) is 1.66. The molecule has 4 nitrogen and oxygen atoms in total. The first kappa shape index (κ1) is 17.8. The van der Waals surface area contributed by atoms with Crippen molar-refractivity contribution in [2.75, 3.05) is 5.75 Å². The Kier molecular flexibility index (Phi) is 5.04. The van der Waals surface area contributed by atoms with Crippen LogP contribution in [-0.2, 0) is 17.6 Å². The SMILES string of the molecule is Cc1cccc(CCc2cc(=O)n3c(c2C(C)C)SC[C@H]3C(=O)O)c1. The maximum Gasteiger partial charge on any atom is 0.327 e. The van der Waals surface area contributed by atoms with Gasteiger partial charge in [0, 0.05) is 11.8 Å². The molecule has 0 saturated heterocycles. The van der Waals surface area contributed by atoms with Crippen molar-refractivity contribution in [3.63, 3.8) is 0 Å². The standard InChI is InChI=1S/C20H23NO3S/c1-12(2)18-15(8-7-14-6-4-5-13(3)9-14)10-17(22)21-16(20(23)24)11-25-19(18)21/h4-6,9-10,12,16H,7-8,11H2,1-3H3,(H,23,24)/t16-/m0/s1. The molecular weight excluding hydrogens is 334 g/mol. The van der Waals surface area contributed by atoms with E-state index < -0.39 is 12.0 Å². The molecule has 2 aromatic rings. The summed E-state index contributed by atoms with van der Waals surface area (Å²) in [6, 6.07) is 9.31. The zero-order valence-corrected chi connectivity index (χ0v) is 15.6. The monoisotopic (exact) mass is 357 g/mol. The molecule has 0 amide bonds. The Morgan fingerprint density at radius 1 is 1.32 bits per heavy atom. The fourth-order valence-corrected chi connectivity index (χ4v) is 4.98. The van der Waals surface area contributed by atoms with Crippen molar-refractivity contribution in [1.82, 2.24) is 4.57 Å². The second-order valence-corrected chi connectivity index (χ2v) is 7.91. The zero-order chi connectivity index (χ0) is 18.1. The van der Waals surface area contributed by atoms with Gasteiger partial charge in [-0.3, -0.25) is 9.36 Å². The Morgan fingerprint density at radius 2 is 2.08 bits per heavy atom. The van der Waals surface area contributed by atoms with Crippen LogP contribution >= 0.6 is 11.8 Å². The van der Waals surface area contributed by atoms with Gasteiger partial charge in [-0.25, -0.2) is 4.79 Å². The fourth-order valence-electron chi connectivity index (χ4n) is 3.49. The number of fused-ring (bicyclic) bond motifs is 1. The van der Waals surface area contributed by atoms with E-state index in [1.165, 1.54) is 27.5 Å². The average Bonchev–Trinajstić information content (AvgIpc) is 2.98. The minimum atomic E-state index is -0.935. The van der Waals surface area contributed by atoms with Gasteiger partial charge in [-0.2, -0.15) is 0 Å². The smallest absolute Gasteiger partial charge is 0.327 e. The summed E-state index contributed by atoms with van der Waals surface area (Å²) < 4.78 is 1.47. The lowest BCUT2D eigenvalue weighted by Gasteiger charge is -2.19. The van der Waals surface area contributed by atoms with Gasteiger partial charge in [-0.05, 0) is 42.4 Å². The van der Waals surface area contributed by atoms with Crippen LogP contribution in [0.2, 0.25) is 0 Å². The number of pyridine rings is 1. The number of carbonyl (C=O) groups is 1. The molecule has 1 N–H and O–H groups in total. The summed E-state index contributed by atoms with van der Waals surface area (Å²) in [5.41, 5.74) is 4.46. The molecule has 0 bridgehead atoms. The molecule has 3 rings (SSSR count). The van der Waals surface area contributed by atoms with Crippen molar-refractivity contribution in [3.05, 3.63) is 62.9 Å². The quantitative estimate of drug-likeness (QED) is 0.884. The molecule has 0 unspecified atom stereocenters. The lowest BCUT2D eigenvalue weighted by atomic mass is 9.94. The Hall–Kier alpha value is -2.01. The first-order valence-corrected chi connectivity index (χ1v) is 9.56. The van der Waals surface area contributed by atoms with Crippen molar-refractivity contribution in [3.8, 4) is 0 Å². The third-order valence-corrected chi connectivity index (χ3v) is 5.82. The maximum atomic E-state index is 12.6. The van der Waals surface area contributed by atoms with Crippen molar-refractivity contribution in [2.45, 2.75) is 50.6 Å². The third-order valence-electron chi connectivity index (χ3n) is 4.65. The molecule has 1 aromatic carbocycles. The molecule has 132 valence electrons. The summed E-state index contributed by atoms with van der Waals surface area (Å²) in [6.45, 7) is 6.28. The number of hydrogen-bond acceptors (Lipinski definition) is 3. The van der Waals surface area contributed by atoms with Crippen LogP contribution in [0.15, 0.2) is 40.2 Å². The van der Waals surface area contributed by atoms with Crippen LogP contribution in [0, 0.1) is 6.92 Å². The second kappa shape index (κ2) is 7.08. The van der Waals surface area contributed by atoms with E-state index in [-0.39, 0.29) is 11.5 Å². The molecule has 5 heteroatoms. The van der Waals surface area contributed by atoms with E-state index in [1.807, 2.05) is 0 Å². The number of rotatable bonds is 5. The number of benzene rings is 1. The largest absolute Gasteiger partial charge is 0.480 e. The summed E-state index contributed by atoms with van der Waals surface area (Å²) in [5, 5.41) is 10.2. The minimum Gasteiger partial charge on any atom is -0.480 e. The van der Waals surface area contributed by atoms with Gasteiger partial charge in [0.2, 0.25) is 0 Å². The van der Waals surface area contributed by atoms with E-state index in [0.29, 0.717) is 5.75 Å². The lowest BCUT2D eigenvalue weighted by molar-refractivity contribution is -0.140. The Balaban J connectivity index is 1.99. The number of aryl methyl sites for hydroxylation is 3. The van der Waals surface area contributed by atoms with E-state index in [2.05, 4.69) is 45.0 Å². The van der Waals surface area contributed by atoms with Crippen LogP contribution in [0.3, 0.4) is 0 Å². The van der Waals surface area contributed by atoms with Gasteiger partial charge in [0.1, 0.15) is 6.04 Å². The molecule has 25 heavy (non-hydrogen) atoms. The molecule has 1 aliphatic heterocycles. The van der Waals surface area contributed by atoms with Crippen molar-refractivity contribution in [2.24, 2.45) is 0 Å². The van der Waals surface area contributed by atoms with E-state index in [0.717, 1.165) is 29.0 Å². The molecule has 0 spiro atoms. The topological polar surface area (TPSA) is 59.3 Å². The van der Waals surface area contributed by atoms with Gasteiger partial charge in [-0.15, -0.1) is 11.8 Å². The van der Waals surface area contributed by atoms with Gasteiger partial charge >= 0.3 is 5.97 Å². The van der Waals surface area contributed by atoms with Gasteiger partial charge in [0.15, 0.2) is 0 Å². The molecule has 0 fully saturated rings. The fraction of sp³-hybridized carbons (Fsp3) is 0.400. The predicted octanol–water partition coefficient (Wildman–Crippen LogP) is 3.80. The summed E-state index contributed by atoms with van der Waals surface area (Å²) >= 11 is 1.49. The van der Waals surface area contributed by atoms with Crippen LogP contribution in [0.25, 0.3) is 0 Å². The van der Waals surface area contributed by atoms with Crippen molar-refractivity contribution >= 4 is 17.7 Å². The van der Waals surface area contributed by atoms with E-state index in [9.17, 15) is 14.7 Å². The van der Waals surface area contributed by atoms with Gasteiger partial charge in [0.25, 0.3) is 5.56 Å². The zero-order valence-electron chi connectivity index (χ0n) is 14.8. The van der Waals surface area contributed by atoms with Crippen molar-refractivity contribution in [1.29, 1.82) is 0 Å². The number of aliphatic carboxylic acids is 1. The van der Waals surface area contributed by atoms with Crippen molar-refractivity contribution < 1.29 is 9.90 Å². The van der Waals surface area contributed by atoms with E-state index in [4.69, 9.17) is 0 Å².